The number of nitrogen functional groups attached to an aromatic ring is 1. The van der Waals surface area contributed by atoms with Crippen LogP contribution < -0.4 is 10.5 Å². The molecule has 0 fully saturated rings. The van der Waals surface area contributed by atoms with Gasteiger partial charge in [0.05, 0.1) is 5.69 Å². The third-order valence-corrected chi connectivity index (χ3v) is 3.32. The zero-order valence-electron chi connectivity index (χ0n) is 10.8. The van der Waals surface area contributed by atoms with E-state index in [1.807, 2.05) is 42.5 Å². The minimum Gasteiger partial charge on any atom is -0.454 e. The van der Waals surface area contributed by atoms with E-state index in [4.69, 9.17) is 10.5 Å². The largest absolute Gasteiger partial charge is 0.454 e. The van der Waals surface area contributed by atoms with E-state index in [-0.39, 0.29) is 0 Å². The molecule has 0 aliphatic carbocycles. The Balaban J connectivity index is 2.12. The average Bonchev–Trinajstić information content (AvgIpc) is 2.40. The molecule has 1 aliphatic heterocycles. The molecule has 0 saturated heterocycles. The molecule has 0 atom stereocenters. The van der Waals surface area contributed by atoms with Gasteiger partial charge in [-0.25, -0.2) is 0 Å². The molecule has 2 N–H and O–H groups in total. The molecule has 3 rings (SSSR count). The van der Waals surface area contributed by atoms with Crippen LogP contribution >= 0.6 is 0 Å². The molecule has 94 valence electrons. The minimum atomic E-state index is 0.637. The SMILES string of the molecule is C=C1C=C(c2ccccc2C)Oc2c(N)cccc21. The summed E-state index contributed by atoms with van der Waals surface area (Å²) in [6.45, 7) is 6.15. The minimum absolute atomic E-state index is 0.637. The monoisotopic (exact) mass is 249 g/mol. The van der Waals surface area contributed by atoms with E-state index >= 15 is 0 Å². The van der Waals surface area contributed by atoms with Gasteiger partial charge in [0, 0.05) is 11.1 Å². The molecular weight excluding hydrogens is 234 g/mol. The number of ether oxygens (including phenoxy) is 1. The Bertz CT molecular complexity index is 698. The van der Waals surface area contributed by atoms with Crippen LogP contribution in [0.15, 0.2) is 55.1 Å². The fraction of sp³-hybridized carbons (Fsp3) is 0.0588. The molecule has 0 bridgehead atoms. The number of nitrogens with two attached hydrogens (primary N) is 1. The quantitative estimate of drug-likeness (QED) is 0.774. The molecule has 0 spiro atoms. The van der Waals surface area contributed by atoms with Gasteiger partial charge in [-0.1, -0.05) is 43.0 Å². The van der Waals surface area contributed by atoms with Gasteiger partial charge < -0.3 is 10.5 Å². The normalized spacial score (nSPS) is 13.5. The summed E-state index contributed by atoms with van der Waals surface area (Å²) in [6, 6.07) is 13.8. The van der Waals surface area contributed by atoms with Gasteiger partial charge in [-0.15, -0.1) is 0 Å². The summed E-state index contributed by atoms with van der Waals surface area (Å²) in [5, 5.41) is 0. The highest BCUT2D eigenvalue weighted by atomic mass is 16.5. The van der Waals surface area contributed by atoms with E-state index in [2.05, 4.69) is 19.6 Å². The van der Waals surface area contributed by atoms with Crippen LogP contribution in [0.2, 0.25) is 0 Å². The number of aryl methyl sites for hydroxylation is 1. The van der Waals surface area contributed by atoms with Crippen molar-refractivity contribution in [2.75, 3.05) is 5.73 Å². The fourth-order valence-electron chi connectivity index (χ4n) is 2.28. The smallest absolute Gasteiger partial charge is 0.158 e. The molecule has 1 heterocycles. The Morgan fingerprint density at radius 2 is 1.74 bits per heavy atom. The lowest BCUT2D eigenvalue weighted by molar-refractivity contribution is 0.511. The fourth-order valence-corrected chi connectivity index (χ4v) is 2.28. The molecular formula is C17H15NO. The lowest BCUT2D eigenvalue weighted by Crippen LogP contribution is -2.06. The highest BCUT2D eigenvalue weighted by molar-refractivity contribution is 5.90. The van der Waals surface area contributed by atoms with E-state index in [0.717, 1.165) is 22.5 Å². The Labute approximate surface area is 112 Å². The van der Waals surface area contributed by atoms with E-state index in [9.17, 15) is 0 Å². The zero-order valence-corrected chi connectivity index (χ0v) is 10.8. The van der Waals surface area contributed by atoms with Crippen LogP contribution in [0.1, 0.15) is 16.7 Å². The predicted octanol–water partition coefficient (Wildman–Crippen LogP) is 4.02. The van der Waals surface area contributed by atoms with E-state index in [0.29, 0.717) is 11.4 Å². The Hall–Kier alpha value is -2.48. The molecule has 19 heavy (non-hydrogen) atoms. The van der Waals surface area contributed by atoms with Crippen molar-refractivity contribution < 1.29 is 4.74 Å². The standard InChI is InChI=1S/C17H15NO/c1-11-6-3-4-7-13(11)16-10-12(2)14-8-5-9-15(18)17(14)19-16/h3-10H,2,18H2,1H3. The van der Waals surface area contributed by atoms with Crippen molar-refractivity contribution in [2.24, 2.45) is 0 Å². The third kappa shape index (κ3) is 1.91. The van der Waals surface area contributed by atoms with Crippen molar-refractivity contribution >= 4 is 17.0 Å². The van der Waals surface area contributed by atoms with Gasteiger partial charge in [0.1, 0.15) is 5.76 Å². The topological polar surface area (TPSA) is 35.2 Å². The van der Waals surface area contributed by atoms with Gasteiger partial charge in [0.15, 0.2) is 5.75 Å². The highest BCUT2D eigenvalue weighted by Crippen LogP contribution is 2.40. The summed E-state index contributed by atoms with van der Waals surface area (Å²) in [4.78, 5) is 0. The van der Waals surface area contributed by atoms with Gasteiger partial charge >= 0.3 is 0 Å². The van der Waals surface area contributed by atoms with Crippen molar-refractivity contribution in [3.8, 4) is 5.75 Å². The number of hydrogen-bond acceptors (Lipinski definition) is 2. The van der Waals surface area contributed by atoms with E-state index in [1.54, 1.807) is 0 Å². The first-order valence-corrected chi connectivity index (χ1v) is 6.20. The van der Waals surface area contributed by atoms with Gasteiger partial charge in [-0.3, -0.25) is 0 Å². The van der Waals surface area contributed by atoms with Crippen LogP contribution in [-0.4, -0.2) is 0 Å². The summed E-state index contributed by atoms with van der Waals surface area (Å²) >= 11 is 0. The lowest BCUT2D eigenvalue weighted by Gasteiger charge is -2.22. The number of allylic oxidation sites excluding steroid dienone is 2. The second kappa shape index (κ2) is 4.32. The van der Waals surface area contributed by atoms with Crippen molar-refractivity contribution in [1.29, 1.82) is 0 Å². The van der Waals surface area contributed by atoms with Crippen LogP contribution in [0.5, 0.6) is 5.75 Å². The number of hydrogen-bond donors (Lipinski definition) is 1. The van der Waals surface area contributed by atoms with Crippen molar-refractivity contribution in [1.82, 2.24) is 0 Å². The van der Waals surface area contributed by atoms with Gasteiger partial charge in [0.2, 0.25) is 0 Å². The maximum atomic E-state index is 5.99. The third-order valence-electron chi connectivity index (χ3n) is 3.32. The van der Waals surface area contributed by atoms with Crippen LogP contribution in [0.4, 0.5) is 5.69 Å². The number of fused-ring (bicyclic) bond motifs is 1. The Morgan fingerprint density at radius 1 is 1.00 bits per heavy atom. The highest BCUT2D eigenvalue weighted by Gasteiger charge is 2.19. The molecule has 2 aromatic carbocycles. The summed E-state index contributed by atoms with van der Waals surface area (Å²) in [5.74, 6) is 1.50. The average molecular weight is 249 g/mol. The molecule has 0 aromatic heterocycles. The number of para-hydroxylation sites is 1. The summed E-state index contributed by atoms with van der Waals surface area (Å²) in [7, 11) is 0. The van der Waals surface area contributed by atoms with Crippen molar-refractivity contribution in [3.05, 3.63) is 71.8 Å². The maximum Gasteiger partial charge on any atom is 0.158 e. The van der Waals surface area contributed by atoms with E-state index in [1.165, 1.54) is 5.56 Å². The first-order valence-electron chi connectivity index (χ1n) is 6.20. The predicted molar refractivity (Wildman–Crippen MR) is 79.7 cm³/mol. The number of benzene rings is 2. The Kier molecular flexibility index (Phi) is 2.64. The second-order valence-corrected chi connectivity index (χ2v) is 4.67. The lowest BCUT2D eigenvalue weighted by atomic mass is 9.98. The molecule has 0 saturated carbocycles. The molecule has 2 nitrogen and oxygen atoms in total. The second-order valence-electron chi connectivity index (χ2n) is 4.67. The van der Waals surface area contributed by atoms with Gasteiger partial charge in [-0.2, -0.15) is 0 Å². The molecule has 0 radical (unpaired) electrons. The molecule has 0 unspecified atom stereocenters. The summed E-state index contributed by atoms with van der Waals surface area (Å²) in [6.07, 6.45) is 1.96. The molecule has 1 aliphatic rings. The first-order chi connectivity index (χ1) is 9.16. The number of rotatable bonds is 1. The van der Waals surface area contributed by atoms with Gasteiger partial charge in [0.25, 0.3) is 0 Å². The summed E-state index contributed by atoms with van der Waals surface area (Å²) < 4.78 is 5.98. The molecule has 2 aromatic rings. The van der Waals surface area contributed by atoms with Gasteiger partial charge in [-0.05, 0) is 30.2 Å². The maximum absolute atomic E-state index is 5.99. The number of anilines is 1. The van der Waals surface area contributed by atoms with Crippen molar-refractivity contribution in [2.45, 2.75) is 6.92 Å². The first kappa shape index (κ1) is 11.6. The zero-order chi connectivity index (χ0) is 13.4. The van der Waals surface area contributed by atoms with Crippen LogP contribution in [-0.2, 0) is 0 Å². The summed E-state index contributed by atoms with van der Waals surface area (Å²) in [5.41, 5.74) is 10.7. The van der Waals surface area contributed by atoms with Crippen molar-refractivity contribution in [3.63, 3.8) is 0 Å². The Morgan fingerprint density at radius 3 is 2.53 bits per heavy atom. The molecule has 0 amide bonds. The van der Waals surface area contributed by atoms with Crippen LogP contribution in [0.25, 0.3) is 11.3 Å². The molecule has 2 heteroatoms. The van der Waals surface area contributed by atoms with Crippen LogP contribution in [0, 0.1) is 6.92 Å². The van der Waals surface area contributed by atoms with E-state index < -0.39 is 0 Å². The van der Waals surface area contributed by atoms with Crippen LogP contribution in [0.3, 0.4) is 0 Å².